The molecule has 5 nitrogen and oxygen atoms in total. The third kappa shape index (κ3) is 3.96. The molecule has 6 heteroatoms. The lowest BCUT2D eigenvalue weighted by Crippen LogP contribution is -2.39. The van der Waals surface area contributed by atoms with E-state index in [-0.39, 0.29) is 6.61 Å². The second-order valence-electron chi connectivity index (χ2n) is 6.37. The molecule has 1 aromatic carbocycles. The average molecular weight is 386 g/mol. The van der Waals surface area contributed by atoms with Crippen LogP contribution in [0.3, 0.4) is 0 Å². The maximum absolute atomic E-state index is 12.8. The first-order valence-corrected chi connectivity index (χ1v) is 9.99. The van der Waals surface area contributed by atoms with Crippen molar-refractivity contribution in [3.05, 3.63) is 76.5 Å². The zero-order chi connectivity index (χ0) is 19.3. The molecule has 0 aliphatic heterocycles. The molecule has 2 aromatic heterocycles. The molecule has 0 spiro atoms. The Bertz CT molecular complexity index is 874. The second kappa shape index (κ2) is 8.50. The number of aliphatic hydroxyl groups is 1. The minimum absolute atomic E-state index is 0.253. The number of imidazole rings is 1. The van der Waals surface area contributed by atoms with Gasteiger partial charge in [-0.25, -0.2) is 13.9 Å². The summed E-state index contributed by atoms with van der Waals surface area (Å²) in [6.45, 7) is 6.12. The van der Waals surface area contributed by atoms with Gasteiger partial charge in [-0.1, -0.05) is 36.4 Å². The van der Waals surface area contributed by atoms with Crippen molar-refractivity contribution in [2.45, 2.75) is 39.0 Å². The Morgan fingerprint density at radius 2 is 2.04 bits per heavy atom. The number of aromatic nitrogens is 2. The number of rotatable bonds is 8. The number of nitrogens with zero attached hydrogens (tertiary/aromatic N) is 2. The topological polar surface area (TPSA) is 55.3 Å². The van der Waals surface area contributed by atoms with Gasteiger partial charge in [-0.05, 0) is 18.4 Å². The minimum atomic E-state index is -1.77. The van der Waals surface area contributed by atoms with Gasteiger partial charge in [0.05, 0.1) is 24.6 Å². The van der Waals surface area contributed by atoms with Crippen LogP contribution in [0.4, 0.5) is 0 Å². The van der Waals surface area contributed by atoms with E-state index in [0.717, 1.165) is 13.1 Å². The number of hydrogen-bond acceptors (Lipinski definition) is 4. The minimum Gasteiger partial charge on any atom is -0.463 e. The third-order valence-corrected chi connectivity index (χ3v) is 5.72. The molecule has 1 unspecified atom stereocenters. The van der Waals surface area contributed by atoms with E-state index in [1.807, 2.05) is 29.9 Å². The van der Waals surface area contributed by atoms with E-state index in [2.05, 4.69) is 23.0 Å². The normalized spacial score (nSPS) is 13.3. The molecule has 0 aliphatic carbocycles. The van der Waals surface area contributed by atoms with Crippen LogP contribution < -0.4 is 4.57 Å². The van der Waals surface area contributed by atoms with E-state index in [1.165, 1.54) is 17.2 Å². The highest BCUT2D eigenvalue weighted by Gasteiger charge is 2.42. The van der Waals surface area contributed by atoms with Crippen LogP contribution in [0, 0.1) is 6.92 Å². The van der Waals surface area contributed by atoms with Gasteiger partial charge in [0, 0.05) is 18.9 Å². The van der Waals surface area contributed by atoms with Crippen molar-refractivity contribution in [1.29, 1.82) is 0 Å². The van der Waals surface area contributed by atoms with Gasteiger partial charge in [-0.2, -0.15) is 0 Å². The largest absolute Gasteiger partial charge is 0.463 e. The maximum Gasteiger partial charge on any atom is 0.348 e. The Hall–Kier alpha value is -2.44. The smallest absolute Gasteiger partial charge is 0.348 e. The van der Waals surface area contributed by atoms with Crippen molar-refractivity contribution in [2.24, 2.45) is 0 Å². The molecule has 0 saturated carbocycles. The highest BCUT2D eigenvalue weighted by atomic mass is 32.1. The van der Waals surface area contributed by atoms with Crippen LogP contribution in [0.5, 0.6) is 0 Å². The zero-order valence-corrected chi connectivity index (χ0v) is 16.5. The van der Waals surface area contributed by atoms with Gasteiger partial charge in [0.1, 0.15) is 12.4 Å². The molecule has 1 atom stereocenters. The van der Waals surface area contributed by atoms with Crippen LogP contribution >= 0.6 is 11.3 Å². The first-order valence-electron chi connectivity index (χ1n) is 9.11. The van der Waals surface area contributed by atoms with Crippen LogP contribution in [-0.4, -0.2) is 22.2 Å². The lowest BCUT2D eigenvalue weighted by molar-refractivity contribution is -0.702. The molecule has 1 N–H and O–H groups in total. The Morgan fingerprint density at radius 1 is 1.26 bits per heavy atom. The first-order chi connectivity index (χ1) is 13.1. The fourth-order valence-electron chi connectivity index (χ4n) is 3.14. The van der Waals surface area contributed by atoms with Gasteiger partial charge in [-0.3, -0.25) is 0 Å². The summed E-state index contributed by atoms with van der Waals surface area (Å²) in [6, 6.07) is 12.5. The molecule has 0 saturated heterocycles. The van der Waals surface area contributed by atoms with E-state index in [4.69, 9.17) is 4.74 Å². The van der Waals surface area contributed by atoms with Crippen molar-refractivity contribution in [3.63, 3.8) is 0 Å². The number of hydrogen-bond donors (Lipinski definition) is 1. The van der Waals surface area contributed by atoms with E-state index < -0.39 is 11.6 Å². The molecule has 3 rings (SSSR count). The molecule has 2 heterocycles. The van der Waals surface area contributed by atoms with Crippen LogP contribution in [0.15, 0.2) is 60.2 Å². The van der Waals surface area contributed by atoms with Gasteiger partial charge in [0.2, 0.25) is 5.60 Å². The third-order valence-electron chi connectivity index (χ3n) is 4.74. The highest BCUT2D eigenvalue weighted by Crippen LogP contribution is 2.34. The second-order valence-corrected chi connectivity index (χ2v) is 7.32. The average Bonchev–Trinajstić information content (AvgIpc) is 3.35. The van der Waals surface area contributed by atoms with Crippen LogP contribution in [0.1, 0.15) is 29.6 Å². The number of benzene rings is 1. The Labute approximate surface area is 163 Å². The SMILES string of the molecule is CCn1cc[n+](CCCOC(=O)C(O)(c2ccccc2)c2cccs2)c1C. The summed E-state index contributed by atoms with van der Waals surface area (Å²) in [4.78, 5) is 13.4. The molecule has 3 aromatic rings. The van der Waals surface area contributed by atoms with Crippen LogP contribution in [-0.2, 0) is 28.2 Å². The standard InChI is InChI=1S/C21H25N2O3S/c1-3-22-13-14-23(17(22)2)12-8-15-26-20(24)21(25,19-11-7-16-27-19)18-9-5-4-6-10-18/h4-7,9-11,13-14,16,25H,3,8,12,15H2,1-2H3/q+1. The van der Waals surface area contributed by atoms with E-state index >= 15 is 0 Å². The molecule has 142 valence electrons. The van der Waals surface area contributed by atoms with E-state index in [1.54, 1.807) is 30.3 Å². The summed E-state index contributed by atoms with van der Waals surface area (Å²) in [7, 11) is 0. The summed E-state index contributed by atoms with van der Waals surface area (Å²) in [6.07, 6.45) is 4.76. The number of thiophene rings is 1. The molecule has 27 heavy (non-hydrogen) atoms. The Balaban J connectivity index is 1.66. The Kier molecular flexibility index (Phi) is 6.08. The van der Waals surface area contributed by atoms with Crippen molar-refractivity contribution >= 4 is 17.3 Å². The molecule has 0 fully saturated rings. The van der Waals surface area contributed by atoms with Crippen molar-refractivity contribution in [2.75, 3.05) is 6.61 Å². The van der Waals surface area contributed by atoms with Crippen molar-refractivity contribution < 1.29 is 19.2 Å². The molecular weight excluding hydrogens is 360 g/mol. The molecular formula is C21H25N2O3S+. The van der Waals surface area contributed by atoms with Gasteiger partial charge in [0.25, 0.3) is 5.82 Å². The molecule has 0 amide bonds. The zero-order valence-electron chi connectivity index (χ0n) is 15.7. The number of carbonyl (C=O) groups is 1. The van der Waals surface area contributed by atoms with E-state index in [9.17, 15) is 9.90 Å². The van der Waals surface area contributed by atoms with Gasteiger partial charge in [-0.15, -0.1) is 11.3 Å². The monoisotopic (exact) mass is 385 g/mol. The summed E-state index contributed by atoms with van der Waals surface area (Å²) >= 11 is 1.34. The van der Waals surface area contributed by atoms with Crippen molar-refractivity contribution in [1.82, 2.24) is 4.57 Å². The fraction of sp³-hybridized carbons (Fsp3) is 0.333. The predicted molar refractivity (Wildman–Crippen MR) is 104 cm³/mol. The van der Waals surface area contributed by atoms with Crippen molar-refractivity contribution in [3.8, 4) is 0 Å². The lowest BCUT2D eigenvalue weighted by Gasteiger charge is -2.25. The molecule has 0 bridgehead atoms. The van der Waals surface area contributed by atoms with Gasteiger partial charge >= 0.3 is 5.97 Å². The van der Waals surface area contributed by atoms with Crippen LogP contribution in [0.2, 0.25) is 0 Å². The molecule has 0 radical (unpaired) electrons. The number of ether oxygens (including phenoxy) is 1. The summed E-state index contributed by atoms with van der Waals surface area (Å²) in [5.74, 6) is 0.534. The lowest BCUT2D eigenvalue weighted by atomic mass is 9.92. The summed E-state index contributed by atoms with van der Waals surface area (Å²) in [5, 5.41) is 13.1. The summed E-state index contributed by atoms with van der Waals surface area (Å²) in [5.41, 5.74) is -1.26. The number of aryl methyl sites for hydroxylation is 2. The fourth-order valence-corrected chi connectivity index (χ4v) is 3.97. The summed E-state index contributed by atoms with van der Waals surface area (Å²) < 4.78 is 9.78. The van der Waals surface area contributed by atoms with E-state index in [0.29, 0.717) is 16.9 Å². The maximum atomic E-state index is 12.8. The number of esters is 1. The molecule has 0 aliphatic rings. The van der Waals surface area contributed by atoms with Crippen LogP contribution in [0.25, 0.3) is 0 Å². The quantitative estimate of drug-likeness (QED) is 0.368. The first kappa shape index (κ1) is 19.3. The number of carbonyl (C=O) groups excluding carboxylic acids is 1. The predicted octanol–water partition coefficient (Wildman–Crippen LogP) is 3.03. The van der Waals surface area contributed by atoms with Gasteiger partial charge in [0.15, 0.2) is 0 Å². The highest BCUT2D eigenvalue weighted by molar-refractivity contribution is 7.10. The Morgan fingerprint density at radius 3 is 2.67 bits per heavy atom. The van der Waals surface area contributed by atoms with Gasteiger partial charge < -0.3 is 9.84 Å².